The Morgan fingerprint density at radius 3 is 1.96 bits per heavy atom. The summed E-state index contributed by atoms with van der Waals surface area (Å²) < 4.78 is 16.0. The van der Waals surface area contributed by atoms with E-state index in [1.807, 2.05) is 42.6 Å². The van der Waals surface area contributed by atoms with Gasteiger partial charge in [-0.25, -0.2) is 0 Å². The van der Waals surface area contributed by atoms with Crippen LogP contribution in [0.25, 0.3) is 22.3 Å². The standard InChI is InChI=1S/C21H22N2O4/c1-22-21(24)20-19(14-9-16(26-3)11-17(10-14)27-4)18(12-23-20)13-5-7-15(25-2)8-6-13/h5-12,23H,1-4H3,(H,22,24). The van der Waals surface area contributed by atoms with E-state index < -0.39 is 0 Å². The van der Waals surface area contributed by atoms with E-state index in [0.717, 1.165) is 28.0 Å². The van der Waals surface area contributed by atoms with Gasteiger partial charge in [0.05, 0.1) is 21.3 Å². The normalized spacial score (nSPS) is 10.4. The molecule has 3 rings (SSSR count). The van der Waals surface area contributed by atoms with Crippen LogP contribution in [0.4, 0.5) is 0 Å². The molecule has 140 valence electrons. The molecule has 0 saturated carbocycles. The Morgan fingerprint density at radius 2 is 1.44 bits per heavy atom. The van der Waals surface area contributed by atoms with Crippen molar-refractivity contribution in [2.45, 2.75) is 0 Å². The lowest BCUT2D eigenvalue weighted by atomic mass is 9.96. The van der Waals surface area contributed by atoms with Crippen molar-refractivity contribution in [1.82, 2.24) is 10.3 Å². The van der Waals surface area contributed by atoms with Crippen LogP contribution in [0.1, 0.15) is 10.5 Å². The van der Waals surface area contributed by atoms with Crippen LogP contribution in [0.15, 0.2) is 48.7 Å². The highest BCUT2D eigenvalue weighted by atomic mass is 16.5. The molecule has 27 heavy (non-hydrogen) atoms. The van der Waals surface area contributed by atoms with Crippen molar-refractivity contribution in [3.05, 3.63) is 54.4 Å². The van der Waals surface area contributed by atoms with Crippen LogP contribution in [0.5, 0.6) is 17.2 Å². The van der Waals surface area contributed by atoms with Gasteiger partial charge in [-0.05, 0) is 35.4 Å². The molecule has 0 radical (unpaired) electrons. The minimum absolute atomic E-state index is 0.202. The number of methoxy groups -OCH3 is 3. The number of benzene rings is 2. The molecule has 1 amide bonds. The SMILES string of the molecule is CNC(=O)c1[nH]cc(-c2ccc(OC)cc2)c1-c1cc(OC)cc(OC)c1. The molecule has 1 aromatic heterocycles. The first-order chi connectivity index (χ1) is 13.1. The molecule has 1 heterocycles. The second-order valence-electron chi connectivity index (χ2n) is 5.86. The number of carbonyl (C=O) groups excluding carboxylic acids is 1. The molecule has 0 saturated heterocycles. The topological polar surface area (TPSA) is 72.6 Å². The third-order valence-corrected chi connectivity index (χ3v) is 4.38. The van der Waals surface area contributed by atoms with Gasteiger partial charge in [0.25, 0.3) is 5.91 Å². The van der Waals surface area contributed by atoms with Crippen molar-refractivity contribution >= 4 is 5.91 Å². The predicted molar refractivity (Wildman–Crippen MR) is 105 cm³/mol. The molecule has 0 aliphatic heterocycles. The number of amides is 1. The summed E-state index contributed by atoms with van der Waals surface area (Å²) in [5.74, 6) is 1.86. The van der Waals surface area contributed by atoms with E-state index in [-0.39, 0.29) is 5.91 Å². The van der Waals surface area contributed by atoms with Crippen LogP contribution >= 0.6 is 0 Å². The van der Waals surface area contributed by atoms with Crippen molar-refractivity contribution in [2.75, 3.05) is 28.4 Å². The number of rotatable bonds is 6. The molecule has 0 spiro atoms. The number of aromatic amines is 1. The maximum Gasteiger partial charge on any atom is 0.268 e. The number of carbonyl (C=O) groups is 1. The Balaban J connectivity index is 2.22. The Morgan fingerprint density at radius 1 is 0.852 bits per heavy atom. The Labute approximate surface area is 158 Å². The Bertz CT molecular complexity index is 923. The summed E-state index contributed by atoms with van der Waals surface area (Å²) in [6.45, 7) is 0. The highest BCUT2D eigenvalue weighted by molar-refractivity contribution is 6.03. The summed E-state index contributed by atoms with van der Waals surface area (Å²) in [6, 6.07) is 13.2. The van der Waals surface area contributed by atoms with Gasteiger partial charge in [-0.2, -0.15) is 0 Å². The van der Waals surface area contributed by atoms with Gasteiger partial charge in [-0.1, -0.05) is 12.1 Å². The fraction of sp³-hybridized carbons (Fsp3) is 0.190. The van der Waals surface area contributed by atoms with E-state index in [2.05, 4.69) is 10.3 Å². The molecule has 6 nitrogen and oxygen atoms in total. The summed E-state index contributed by atoms with van der Waals surface area (Å²) in [7, 11) is 6.43. The fourth-order valence-electron chi connectivity index (χ4n) is 2.98. The molecule has 0 bridgehead atoms. The molecule has 2 N–H and O–H groups in total. The molecular weight excluding hydrogens is 344 g/mol. The lowest BCUT2D eigenvalue weighted by Gasteiger charge is -2.12. The van der Waals surface area contributed by atoms with Crippen LogP contribution in [-0.2, 0) is 0 Å². The van der Waals surface area contributed by atoms with Crippen molar-refractivity contribution in [1.29, 1.82) is 0 Å². The molecule has 6 heteroatoms. The van der Waals surface area contributed by atoms with Crippen molar-refractivity contribution in [3.63, 3.8) is 0 Å². The monoisotopic (exact) mass is 366 g/mol. The lowest BCUT2D eigenvalue weighted by molar-refractivity contribution is 0.0959. The van der Waals surface area contributed by atoms with Gasteiger partial charge in [-0.3, -0.25) is 4.79 Å². The second kappa shape index (κ2) is 7.86. The largest absolute Gasteiger partial charge is 0.497 e. The fourth-order valence-corrected chi connectivity index (χ4v) is 2.98. The molecule has 0 aliphatic rings. The summed E-state index contributed by atoms with van der Waals surface area (Å²) in [5, 5.41) is 2.68. The van der Waals surface area contributed by atoms with E-state index in [9.17, 15) is 4.79 Å². The zero-order chi connectivity index (χ0) is 19.4. The minimum Gasteiger partial charge on any atom is -0.497 e. The van der Waals surface area contributed by atoms with Gasteiger partial charge in [0.1, 0.15) is 22.9 Å². The highest BCUT2D eigenvalue weighted by Gasteiger charge is 2.20. The average molecular weight is 366 g/mol. The number of H-pyrrole nitrogens is 1. The van der Waals surface area contributed by atoms with E-state index >= 15 is 0 Å². The quantitative estimate of drug-likeness (QED) is 0.697. The second-order valence-corrected chi connectivity index (χ2v) is 5.86. The smallest absolute Gasteiger partial charge is 0.268 e. The van der Waals surface area contributed by atoms with E-state index in [1.54, 1.807) is 34.4 Å². The Kier molecular flexibility index (Phi) is 5.35. The van der Waals surface area contributed by atoms with Gasteiger partial charge in [-0.15, -0.1) is 0 Å². The average Bonchev–Trinajstić information content (AvgIpc) is 3.17. The third kappa shape index (κ3) is 3.60. The number of hydrogen-bond acceptors (Lipinski definition) is 4. The first-order valence-corrected chi connectivity index (χ1v) is 8.42. The minimum atomic E-state index is -0.202. The van der Waals surface area contributed by atoms with E-state index in [0.29, 0.717) is 17.2 Å². The molecular formula is C21H22N2O4. The first kappa shape index (κ1) is 18.4. The molecule has 0 atom stereocenters. The van der Waals surface area contributed by atoms with Crippen molar-refractivity contribution in [3.8, 4) is 39.5 Å². The number of ether oxygens (including phenoxy) is 3. The molecule has 0 unspecified atom stereocenters. The van der Waals surface area contributed by atoms with Gasteiger partial charge >= 0.3 is 0 Å². The van der Waals surface area contributed by atoms with Gasteiger partial charge in [0.15, 0.2) is 0 Å². The van der Waals surface area contributed by atoms with Crippen LogP contribution in [-0.4, -0.2) is 39.3 Å². The highest BCUT2D eigenvalue weighted by Crippen LogP contribution is 2.39. The molecule has 0 aliphatic carbocycles. The van der Waals surface area contributed by atoms with Gasteiger partial charge in [0.2, 0.25) is 0 Å². The van der Waals surface area contributed by atoms with E-state index in [1.165, 1.54) is 0 Å². The summed E-state index contributed by atoms with van der Waals surface area (Å²) in [6.07, 6.45) is 1.83. The van der Waals surface area contributed by atoms with Crippen molar-refractivity contribution < 1.29 is 19.0 Å². The first-order valence-electron chi connectivity index (χ1n) is 8.42. The summed E-state index contributed by atoms with van der Waals surface area (Å²) >= 11 is 0. The van der Waals surface area contributed by atoms with Gasteiger partial charge < -0.3 is 24.5 Å². The van der Waals surface area contributed by atoms with Crippen molar-refractivity contribution in [2.24, 2.45) is 0 Å². The molecule has 3 aromatic rings. The molecule has 2 aromatic carbocycles. The number of hydrogen-bond donors (Lipinski definition) is 2. The van der Waals surface area contributed by atoms with Crippen LogP contribution < -0.4 is 19.5 Å². The van der Waals surface area contributed by atoms with Crippen LogP contribution in [0.2, 0.25) is 0 Å². The summed E-state index contributed by atoms with van der Waals surface area (Å²) in [5.41, 5.74) is 3.91. The number of nitrogens with one attached hydrogen (secondary N) is 2. The number of aromatic nitrogens is 1. The zero-order valence-corrected chi connectivity index (χ0v) is 15.8. The van der Waals surface area contributed by atoms with Gasteiger partial charge in [0, 0.05) is 30.4 Å². The summed E-state index contributed by atoms with van der Waals surface area (Å²) in [4.78, 5) is 15.5. The van der Waals surface area contributed by atoms with Crippen LogP contribution in [0.3, 0.4) is 0 Å². The zero-order valence-electron chi connectivity index (χ0n) is 15.8. The molecule has 0 fully saturated rings. The van der Waals surface area contributed by atoms with Crippen LogP contribution in [0, 0.1) is 0 Å². The maximum absolute atomic E-state index is 12.4. The third-order valence-electron chi connectivity index (χ3n) is 4.38. The van der Waals surface area contributed by atoms with E-state index in [4.69, 9.17) is 14.2 Å². The Hall–Kier alpha value is -3.41. The predicted octanol–water partition coefficient (Wildman–Crippen LogP) is 3.73. The lowest BCUT2D eigenvalue weighted by Crippen LogP contribution is -2.19. The maximum atomic E-state index is 12.4.